The van der Waals surface area contributed by atoms with Crippen LogP contribution in [0.1, 0.15) is 40.5 Å². The van der Waals surface area contributed by atoms with Gasteiger partial charge in [0.25, 0.3) is 0 Å². The molecule has 1 fully saturated rings. The first-order valence-electron chi connectivity index (χ1n) is 7.99. The molecule has 2 rings (SSSR count). The van der Waals surface area contributed by atoms with E-state index in [9.17, 15) is 0 Å². The van der Waals surface area contributed by atoms with Gasteiger partial charge in [-0.3, -0.25) is 9.58 Å². The molecule has 1 aromatic rings. The molecule has 0 aliphatic carbocycles. The van der Waals surface area contributed by atoms with Gasteiger partial charge >= 0.3 is 0 Å². The Morgan fingerprint density at radius 3 is 2.80 bits per heavy atom. The number of aromatic nitrogens is 2. The van der Waals surface area contributed by atoms with Crippen molar-refractivity contribution < 1.29 is 0 Å². The molecule has 2 heterocycles. The average Bonchev–Trinajstić information content (AvgIpc) is 2.92. The van der Waals surface area contributed by atoms with Crippen molar-refractivity contribution in [2.75, 3.05) is 19.6 Å². The van der Waals surface area contributed by atoms with E-state index in [1.807, 2.05) is 16.9 Å². The van der Waals surface area contributed by atoms with Gasteiger partial charge in [0, 0.05) is 43.6 Å². The molecule has 20 heavy (non-hydrogen) atoms. The van der Waals surface area contributed by atoms with Gasteiger partial charge in [-0.2, -0.15) is 5.10 Å². The van der Waals surface area contributed by atoms with Crippen LogP contribution in [0.5, 0.6) is 0 Å². The fraction of sp³-hybridized carbons (Fsp3) is 0.812. The molecule has 0 aromatic carbocycles. The van der Waals surface area contributed by atoms with Crippen LogP contribution in [0.4, 0.5) is 0 Å². The van der Waals surface area contributed by atoms with Gasteiger partial charge in [0.15, 0.2) is 0 Å². The van der Waals surface area contributed by atoms with Crippen LogP contribution < -0.4 is 5.32 Å². The Kier molecular flexibility index (Phi) is 5.22. The topological polar surface area (TPSA) is 33.1 Å². The Morgan fingerprint density at radius 2 is 2.20 bits per heavy atom. The fourth-order valence-electron chi connectivity index (χ4n) is 3.07. The predicted octanol–water partition coefficient (Wildman–Crippen LogP) is 2.37. The van der Waals surface area contributed by atoms with E-state index in [0.29, 0.717) is 6.04 Å². The summed E-state index contributed by atoms with van der Waals surface area (Å²) in [6.45, 7) is 13.6. The van der Waals surface area contributed by atoms with Crippen molar-refractivity contribution in [3.05, 3.63) is 18.5 Å². The minimum Gasteiger partial charge on any atom is -0.309 e. The van der Waals surface area contributed by atoms with Gasteiger partial charge in [-0.1, -0.05) is 20.8 Å². The lowest BCUT2D eigenvalue weighted by Gasteiger charge is -2.46. The molecular weight excluding hydrogens is 248 g/mol. The summed E-state index contributed by atoms with van der Waals surface area (Å²) in [6, 6.07) is 2.66. The number of piperazine rings is 1. The van der Waals surface area contributed by atoms with Crippen molar-refractivity contribution in [3.63, 3.8) is 0 Å². The van der Waals surface area contributed by atoms with Gasteiger partial charge in [-0.05, 0) is 31.7 Å². The highest BCUT2D eigenvalue weighted by atomic mass is 15.3. The van der Waals surface area contributed by atoms with Crippen LogP contribution in [0.25, 0.3) is 0 Å². The van der Waals surface area contributed by atoms with Gasteiger partial charge in [-0.15, -0.1) is 0 Å². The fourth-order valence-corrected chi connectivity index (χ4v) is 3.07. The van der Waals surface area contributed by atoms with E-state index in [-0.39, 0.29) is 5.54 Å². The highest BCUT2D eigenvalue weighted by Crippen LogP contribution is 2.22. The monoisotopic (exact) mass is 278 g/mol. The van der Waals surface area contributed by atoms with Crippen molar-refractivity contribution in [1.29, 1.82) is 0 Å². The minimum absolute atomic E-state index is 0.262. The first-order chi connectivity index (χ1) is 9.52. The zero-order valence-electron chi connectivity index (χ0n) is 13.5. The summed E-state index contributed by atoms with van der Waals surface area (Å²) < 4.78 is 2.04. The summed E-state index contributed by atoms with van der Waals surface area (Å²) in [5.41, 5.74) is 0.262. The second-order valence-corrected chi connectivity index (χ2v) is 6.82. The number of hydrogen-bond donors (Lipinski definition) is 1. The SMILES string of the molecule is CCC1(C)CN(CCn2cccn2)C(CC(C)C)CN1. The quantitative estimate of drug-likeness (QED) is 0.867. The van der Waals surface area contributed by atoms with Crippen LogP contribution in [0.3, 0.4) is 0 Å². The average molecular weight is 278 g/mol. The number of nitrogens with zero attached hydrogens (tertiary/aromatic N) is 3. The molecule has 0 radical (unpaired) electrons. The van der Waals surface area contributed by atoms with E-state index in [1.165, 1.54) is 12.8 Å². The third-order valence-corrected chi connectivity index (χ3v) is 4.53. The predicted molar refractivity (Wildman–Crippen MR) is 83.7 cm³/mol. The van der Waals surface area contributed by atoms with Crippen molar-refractivity contribution in [2.45, 2.75) is 58.7 Å². The molecule has 0 bridgehead atoms. The van der Waals surface area contributed by atoms with Crippen LogP contribution in [0.2, 0.25) is 0 Å². The van der Waals surface area contributed by atoms with Gasteiger partial charge < -0.3 is 5.32 Å². The summed E-state index contributed by atoms with van der Waals surface area (Å²) >= 11 is 0. The molecule has 1 saturated heterocycles. The zero-order valence-corrected chi connectivity index (χ0v) is 13.5. The maximum atomic E-state index is 4.32. The molecule has 0 spiro atoms. The highest BCUT2D eigenvalue weighted by Gasteiger charge is 2.34. The molecule has 114 valence electrons. The standard InChI is InChI=1S/C16H30N4/c1-5-16(4)13-19(9-10-20-8-6-7-18-20)15(12-17-16)11-14(2)3/h6-8,14-15,17H,5,9-13H2,1-4H3. The molecule has 1 N–H and O–H groups in total. The Labute approximate surface area is 123 Å². The minimum atomic E-state index is 0.262. The van der Waals surface area contributed by atoms with Gasteiger partial charge in [-0.25, -0.2) is 0 Å². The van der Waals surface area contributed by atoms with Crippen molar-refractivity contribution in [1.82, 2.24) is 20.0 Å². The summed E-state index contributed by atoms with van der Waals surface area (Å²) in [5.74, 6) is 0.750. The van der Waals surface area contributed by atoms with Crippen molar-refractivity contribution in [2.24, 2.45) is 5.92 Å². The van der Waals surface area contributed by atoms with Crippen molar-refractivity contribution in [3.8, 4) is 0 Å². The van der Waals surface area contributed by atoms with Crippen LogP contribution >= 0.6 is 0 Å². The molecule has 1 aromatic heterocycles. The molecule has 0 saturated carbocycles. The molecular formula is C16H30N4. The van der Waals surface area contributed by atoms with Crippen LogP contribution in [-0.2, 0) is 6.54 Å². The maximum Gasteiger partial charge on any atom is 0.0536 e. The molecule has 0 amide bonds. The van der Waals surface area contributed by atoms with E-state index in [2.05, 4.69) is 49.2 Å². The second kappa shape index (κ2) is 6.72. The Bertz CT molecular complexity index is 387. The van der Waals surface area contributed by atoms with E-state index in [4.69, 9.17) is 0 Å². The Hall–Kier alpha value is -0.870. The number of nitrogens with one attached hydrogen (secondary N) is 1. The largest absolute Gasteiger partial charge is 0.309 e. The third kappa shape index (κ3) is 4.06. The third-order valence-electron chi connectivity index (χ3n) is 4.53. The lowest BCUT2D eigenvalue weighted by molar-refractivity contribution is 0.0690. The molecule has 2 atom stereocenters. The first kappa shape index (κ1) is 15.5. The Morgan fingerprint density at radius 1 is 1.40 bits per heavy atom. The number of hydrogen-bond acceptors (Lipinski definition) is 3. The summed E-state index contributed by atoms with van der Waals surface area (Å²) in [7, 11) is 0. The van der Waals surface area contributed by atoms with E-state index >= 15 is 0 Å². The number of rotatable bonds is 6. The molecule has 1 aliphatic heterocycles. The maximum absolute atomic E-state index is 4.32. The van der Waals surface area contributed by atoms with Gasteiger partial charge in [0.1, 0.15) is 0 Å². The van der Waals surface area contributed by atoms with Crippen LogP contribution in [0.15, 0.2) is 18.5 Å². The van der Waals surface area contributed by atoms with E-state index < -0.39 is 0 Å². The highest BCUT2D eigenvalue weighted by molar-refractivity contribution is 4.94. The van der Waals surface area contributed by atoms with Gasteiger partial charge in [0.05, 0.1) is 6.54 Å². The zero-order chi connectivity index (χ0) is 14.6. The summed E-state index contributed by atoms with van der Waals surface area (Å²) in [6.07, 6.45) is 6.36. The Balaban J connectivity index is 1.97. The normalized spacial score (nSPS) is 28.1. The van der Waals surface area contributed by atoms with Crippen molar-refractivity contribution >= 4 is 0 Å². The van der Waals surface area contributed by atoms with Gasteiger partial charge in [0.2, 0.25) is 0 Å². The lowest BCUT2D eigenvalue weighted by Crippen LogP contribution is -2.63. The van der Waals surface area contributed by atoms with Crippen LogP contribution in [0, 0.1) is 5.92 Å². The van der Waals surface area contributed by atoms with E-state index in [0.717, 1.165) is 32.1 Å². The smallest absolute Gasteiger partial charge is 0.0536 e. The molecule has 4 nitrogen and oxygen atoms in total. The van der Waals surface area contributed by atoms with E-state index in [1.54, 1.807) is 0 Å². The lowest BCUT2D eigenvalue weighted by atomic mass is 9.91. The molecule has 1 aliphatic rings. The first-order valence-corrected chi connectivity index (χ1v) is 7.99. The molecule has 4 heteroatoms. The van der Waals surface area contributed by atoms with Crippen LogP contribution in [-0.4, -0.2) is 45.9 Å². The summed E-state index contributed by atoms with van der Waals surface area (Å²) in [4.78, 5) is 2.67. The second-order valence-electron chi connectivity index (χ2n) is 6.82. The molecule has 2 unspecified atom stereocenters. The summed E-state index contributed by atoms with van der Waals surface area (Å²) in [5, 5.41) is 8.08.